The number of aliphatic hydroxyl groups excluding tert-OH is 1. The van der Waals surface area contributed by atoms with Gasteiger partial charge in [-0.2, -0.15) is 0 Å². The summed E-state index contributed by atoms with van der Waals surface area (Å²) in [5.41, 5.74) is 1.83. The molecule has 1 aliphatic heterocycles. The molecule has 2 aliphatic rings. The van der Waals surface area contributed by atoms with Crippen LogP contribution in [0.25, 0.3) is 5.57 Å². The molecule has 116 valence electrons. The van der Waals surface area contributed by atoms with Crippen LogP contribution in [0.15, 0.2) is 30.0 Å². The van der Waals surface area contributed by atoms with Gasteiger partial charge < -0.3 is 5.11 Å². The van der Waals surface area contributed by atoms with Crippen LogP contribution in [0.1, 0.15) is 49.7 Å². The van der Waals surface area contributed by atoms with E-state index in [4.69, 9.17) is 0 Å². The molecule has 1 aromatic carbocycles. The number of amides is 2. The van der Waals surface area contributed by atoms with Crippen LogP contribution in [-0.4, -0.2) is 27.9 Å². The van der Waals surface area contributed by atoms with Gasteiger partial charge in [0.15, 0.2) is 5.76 Å². The lowest BCUT2D eigenvalue weighted by Crippen LogP contribution is -2.40. The van der Waals surface area contributed by atoms with E-state index in [1.165, 1.54) is 4.90 Å². The molecule has 0 spiro atoms. The fourth-order valence-electron chi connectivity index (χ4n) is 3.36. The Morgan fingerprint density at radius 2 is 1.55 bits per heavy atom. The average Bonchev–Trinajstić information content (AvgIpc) is 2.70. The van der Waals surface area contributed by atoms with Crippen LogP contribution >= 0.6 is 0 Å². The van der Waals surface area contributed by atoms with E-state index in [1.54, 1.807) is 12.1 Å². The highest BCUT2D eigenvalue weighted by Crippen LogP contribution is 2.33. The second-order valence-electron chi connectivity index (χ2n) is 6.22. The van der Waals surface area contributed by atoms with Crippen molar-refractivity contribution < 1.29 is 14.7 Å². The molecule has 3 rings (SSSR count). The zero-order valence-electron chi connectivity index (χ0n) is 12.8. The zero-order chi connectivity index (χ0) is 15.7. The van der Waals surface area contributed by atoms with Crippen molar-refractivity contribution in [1.82, 2.24) is 4.90 Å². The number of carbonyl (C=O) groups excluding carboxylic acids is 2. The summed E-state index contributed by atoms with van der Waals surface area (Å²) in [5, 5.41) is 10.2. The summed E-state index contributed by atoms with van der Waals surface area (Å²) in [6.07, 6.45) is 6.04. The van der Waals surface area contributed by atoms with Crippen molar-refractivity contribution >= 4 is 17.4 Å². The maximum absolute atomic E-state index is 12.7. The molecule has 0 unspecified atom stereocenters. The maximum Gasteiger partial charge on any atom is 0.296 e. The van der Waals surface area contributed by atoms with Crippen molar-refractivity contribution in [1.29, 1.82) is 0 Å². The van der Waals surface area contributed by atoms with Gasteiger partial charge in [-0.1, -0.05) is 55.5 Å². The van der Waals surface area contributed by atoms with Crippen LogP contribution in [0, 0.1) is 6.92 Å². The van der Waals surface area contributed by atoms with Crippen LogP contribution < -0.4 is 0 Å². The van der Waals surface area contributed by atoms with Crippen molar-refractivity contribution in [3.05, 3.63) is 41.2 Å². The first-order valence-corrected chi connectivity index (χ1v) is 7.98. The van der Waals surface area contributed by atoms with Gasteiger partial charge in [0.25, 0.3) is 11.8 Å². The van der Waals surface area contributed by atoms with Crippen LogP contribution in [0.3, 0.4) is 0 Å². The maximum atomic E-state index is 12.7. The molecular weight excluding hydrogens is 278 g/mol. The molecule has 1 aromatic rings. The van der Waals surface area contributed by atoms with E-state index in [-0.39, 0.29) is 17.5 Å². The third kappa shape index (κ3) is 2.54. The Hall–Kier alpha value is -2.10. The molecule has 4 heteroatoms. The van der Waals surface area contributed by atoms with Gasteiger partial charge >= 0.3 is 0 Å². The van der Waals surface area contributed by atoms with Crippen molar-refractivity contribution in [3.8, 4) is 0 Å². The lowest BCUT2D eigenvalue weighted by Gasteiger charge is -2.25. The van der Waals surface area contributed by atoms with Crippen LogP contribution in [-0.2, 0) is 9.59 Å². The number of hydrogen-bond acceptors (Lipinski definition) is 3. The Kier molecular flexibility index (Phi) is 4.01. The molecule has 0 aromatic heterocycles. The molecule has 4 nitrogen and oxygen atoms in total. The number of hydrogen-bond donors (Lipinski definition) is 1. The lowest BCUT2D eigenvalue weighted by molar-refractivity contribution is -0.141. The normalized spacial score (nSPS) is 20.7. The first-order chi connectivity index (χ1) is 10.6. The monoisotopic (exact) mass is 299 g/mol. The number of carbonyl (C=O) groups is 2. The molecule has 1 fully saturated rings. The van der Waals surface area contributed by atoms with Crippen molar-refractivity contribution in [2.75, 3.05) is 0 Å². The molecular formula is C18H21NO3. The molecule has 1 heterocycles. The summed E-state index contributed by atoms with van der Waals surface area (Å²) in [7, 11) is 0. The molecule has 0 bridgehead atoms. The van der Waals surface area contributed by atoms with E-state index in [1.807, 2.05) is 19.1 Å². The van der Waals surface area contributed by atoms with Crippen LogP contribution in [0.5, 0.6) is 0 Å². The summed E-state index contributed by atoms with van der Waals surface area (Å²) in [6, 6.07) is 7.24. The Balaban J connectivity index is 1.91. The molecule has 1 N–H and O–H groups in total. The predicted molar refractivity (Wildman–Crippen MR) is 84.1 cm³/mol. The first-order valence-electron chi connectivity index (χ1n) is 7.98. The lowest BCUT2D eigenvalue weighted by atomic mass is 10.0. The van der Waals surface area contributed by atoms with Crippen LogP contribution in [0.2, 0.25) is 0 Å². The zero-order valence-corrected chi connectivity index (χ0v) is 12.8. The van der Waals surface area contributed by atoms with Gasteiger partial charge in [-0.15, -0.1) is 0 Å². The molecule has 0 saturated heterocycles. The molecule has 0 radical (unpaired) electrons. The van der Waals surface area contributed by atoms with Gasteiger partial charge in [-0.3, -0.25) is 14.5 Å². The SMILES string of the molecule is Cc1ccc(C2=C(O)C(=O)N(C3CCCCCC3)C2=O)cc1. The third-order valence-corrected chi connectivity index (χ3v) is 4.62. The van der Waals surface area contributed by atoms with Crippen molar-refractivity contribution in [2.45, 2.75) is 51.5 Å². The Bertz CT molecular complexity index is 622. The number of aryl methyl sites for hydroxylation is 1. The van der Waals surface area contributed by atoms with Gasteiger partial charge in [-0.25, -0.2) is 0 Å². The topological polar surface area (TPSA) is 57.6 Å². The van der Waals surface area contributed by atoms with E-state index in [9.17, 15) is 14.7 Å². The highest BCUT2D eigenvalue weighted by Gasteiger charge is 2.42. The molecule has 0 atom stereocenters. The number of imide groups is 1. The van der Waals surface area contributed by atoms with Crippen molar-refractivity contribution in [2.24, 2.45) is 0 Å². The fraction of sp³-hybridized carbons (Fsp3) is 0.444. The minimum atomic E-state index is -0.535. The largest absolute Gasteiger partial charge is 0.502 e. The minimum Gasteiger partial charge on any atom is -0.502 e. The summed E-state index contributed by atoms with van der Waals surface area (Å²) < 4.78 is 0. The Labute approximate surface area is 130 Å². The van der Waals surface area contributed by atoms with Crippen LogP contribution in [0.4, 0.5) is 0 Å². The van der Waals surface area contributed by atoms with Gasteiger partial charge in [-0.05, 0) is 25.3 Å². The highest BCUT2D eigenvalue weighted by atomic mass is 16.3. The quantitative estimate of drug-likeness (QED) is 0.673. The molecule has 2 amide bonds. The molecule has 1 saturated carbocycles. The van der Waals surface area contributed by atoms with Gasteiger partial charge in [0.2, 0.25) is 0 Å². The van der Waals surface area contributed by atoms with E-state index >= 15 is 0 Å². The smallest absolute Gasteiger partial charge is 0.296 e. The predicted octanol–water partition coefficient (Wildman–Crippen LogP) is 3.36. The second kappa shape index (κ2) is 5.95. The van der Waals surface area contributed by atoms with Gasteiger partial charge in [0.1, 0.15) is 0 Å². The Morgan fingerprint density at radius 1 is 0.955 bits per heavy atom. The second-order valence-corrected chi connectivity index (χ2v) is 6.22. The van der Waals surface area contributed by atoms with E-state index in [0.717, 1.165) is 44.1 Å². The third-order valence-electron chi connectivity index (χ3n) is 4.62. The minimum absolute atomic E-state index is 0.0763. The summed E-state index contributed by atoms with van der Waals surface area (Å²) >= 11 is 0. The summed E-state index contributed by atoms with van der Waals surface area (Å²) in [6.45, 7) is 1.96. The van der Waals surface area contributed by atoms with Gasteiger partial charge in [0, 0.05) is 6.04 Å². The standard InChI is InChI=1S/C18H21NO3/c1-12-8-10-13(11-9-12)15-16(20)18(22)19(17(15)21)14-6-4-2-3-5-7-14/h8-11,14,20H,2-7H2,1H3. The number of aliphatic hydroxyl groups is 1. The number of rotatable bonds is 2. The Morgan fingerprint density at radius 3 is 2.14 bits per heavy atom. The summed E-state index contributed by atoms with van der Waals surface area (Å²) in [5.74, 6) is -1.29. The fourth-order valence-corrected chi connectivity index (χ4v) is 3.36. The average molecular weight is 299 g/mol. The molecule has 22 heavy (non-hydrogen) atoms. The summed E-state index contributed by atoms with van der Waals surface area (Å²) in [4.78, 5) is 26.4. The molecule has 1 aliphatic carbocycles. The first kappa shape index (κ1) is 14.8. The van der Waals surface area contributed by atoms with E-state index in [2.05, 4.69) is 0 Å². The van der Waals surface area contributed by atoms with E-state index < -0.39 is 11.7 Å². The van der Waals surface area contributed by atoms with E-state index in [0.29, 0.717) is 5.56 Å². The highest BCUT2D eigenvalue weighted by molar-refractivity contribution is 6.35. The number of nitrogens with zero attached hydrogens (tertiary/aromatic N) is 1. The van der Waals surface area contributed by atoms with Crippen molar-refractivity contribution in [3.63, 3.8) is 0 Å². The number of benzene rings is 1. The van der Waals surface area contributed by atoms with Gasteiger partial charge in [0.05, 0.1) is 5.57 Å².